The van der Waals surface area contributed by atoms with Gasteiger partial charge in [-0.3, -0.25) is 24.1 Å². The molecule has 37 heavy (non-hydrogen) atoms. The van der Waals surface area contributed by atoms with Gasteiger partial charge in [-0.05, 0) is 24.6 Å². The van der Waals surface area contributed by atoms with E-state index in [0.717, 1.165) is 44.1 Å². The largest absolute Gasteiger partial charge is 0.473 e. The molecule has 1 aliphatic heterocycles. The molecule has 1 aliphatic rings. The highest BCUT2D eigenvalue weighted by Gasteiger charge is 2.22. The molecule has 1 aromatic heterocycles. The maximum absolute atomic E-state index is 13.0. The second-order valence-electron chi connectivity index (χ2n) is 8.63. The summed E-state index contributed by atoms with van der Waals surface area (Å²) in [6.45, 7) is 6.59. The number of aliphatic carboxylic acids is 2. The number of rotatable bonds is 6. The van der Waals surface area contributed by atoms with Crippen LogP contribution in [-0.2, 0) is 28.0 Å². The van der Waals surface area contributed by atoms with Crippen LogP contribution in [0.25, 0.3) is 5.69 Å². The van der Waals surface area contributed by atoms with Crippen molar-refractivity contribution in [2.45, 2.75) is 13.5 Å². The smallest absolute Gasteiger partial charge is 0.414 e. The molecule has 0 bridgehead atoms. The molecule has 11 nitrogen and oxygen atoms in total. The van der Waals surface area contributed by atoms with Crippen molar-refractivity contribution >= 4 is 23.5 Å². The van der Waals surface area contributed by atoms with E-state index in [1.807, 2.05) is 50.4 Å². The minimum absolute atomic E-state index is 0.150. The Labute approximate surface area is 214 Å². The zero-order valence-corrected chi connectivity index (χ0v) is 20.8. The highest BCUT2D eigenvalue weighted by molar-refractivity contribution is 6.27. The topological polar surface area (TPSA) is 137 Å². The summed E-state index contributed by atoms with van der Waals surface area (Å²) in [5.74, 6) is -3.80. The van der Waals surface area contributed by atoms with Crippen LogP contribution in [0.4, 0.5) is 5.69 Å². The van der Waals surface area contributed by atoms with Crippen molar-refractivity contribution in [1.29, 1.82) is 0 Å². The normalized spacial score (nSPS) is 13.9. The van der Waals surface area contributed by atoms with E-state index in [1.54, 1.807) is 9.36 Å². The second-order valence-corrected chi connectivity index (χ2v) is 8.63. The average Bonchev–Trinajstić information content (AvgIpc) is 3.09. The molecule has 1 amide bonds. The van der Waals surface area contributed by atoms with Crippen LogP contribution < -0.4 is 10.9 Å². The van der Waals surface area contributed by atoms with Gasteiger partial charge >= 0.3 is 11.9 Å². The van der Waals surface area contributed by atoms with Gasteiger partial charge in [-0.1, -0.05) is 48.5 Å². The maximum atomic E-state index is 13.0. The van der Waals surface area contributed by atoms with Gasteiger partial charge in [0.1, 0.15) is 5.69 Å². The summed E-state index contributed by atoms with van der Waals surface area (Å²) in [5, 5.41) is 17.6. The molecule has 2 aromatic carbocycles. The van der Waals surface area contributed by atoms with Gasteiger partial charge in [-0.2, -0.15) is 0 Å². The van der Waals surface area contributed by atoms with Crippen molar-refractivity contribution in [1.82, 2.24) is 19.2 Å². The van der Waals surface area contributed by atoms with E-state index in [1.165, 1.54) is 5.56 Å². The third-order valence-electron chi connectivity index (χ3n) is 6.08. The van der Waals surface area contributed by atoms with Gasteiger partial charge in [-0.15, -0.1) is 0 Å². The van der Waals surface area contributed by atoms with Crippen molar-refractivity contribution in [3.63, 3.8) is 0 Å². The van der Waals surface area contributed by atoms with E-state index in [4.69, 9.17) is 19.8 Å². The number of carboxylic acids is 2. The van der Waals surface area contributed by atoms with Crippen molar-refractivity contribution in [3.05, 3.63) is 82.3 Å². The fourth-order valence-corrected chi connectivity index (χ4v) is 4.04. The molecule has 1 fully saturated rings. The van der Waals surface area contributed by atoms with Crippen LogP contribution in [0, 0.1) is 6.92 Å². The van der Waals surface area contributed by atoms with Gasteiger partial charge < -0.3 is 15.5 Å². The van der Waals surface area contributed by atoms with E-state index in [0.29, 0.717) is 5.69 Å². The Kier molecular flexibility index (Phi) is 9.36. The van der Waals surface area contributed by atoms with E-state index >= 15 is 0 Å². The van der Waals surface area contributed by atoms with Crippen molar-refractivity contribution in [2.75, 3.05) is 38.0 Å². The molecule has 4 rings (SSSR count). The summed E-state index contributed by atoms with van der Waals surface area (Å²) in [7, 11) is 1.82. The number of benzene rings is 2. The van der Waals surface area contributed by atoms with E-state index in [2.05, 4.69) is 39.4 Å². The molecule has 0 aliphatic carbocycles. The van der Waals surface area contributed by atoms with Crippen LogP contribution in [0.1, 0.15) is 11.3 Å². The van der Waals surface area contributed by atoms with Gasteiger partial charge in [0.05, 0.1) is 17.9 Å². The standard InChI is InChI=1S/C24H29N5O2.C2H2O4/c1-19-23(24(31)29(26(19)2)21-11-7-4-8-12-21)25-22(30)18-28-15-13-27(14-16-28)17-20-9-5-3-6-10-20;3-1(4)2(5)6/h3-12H,13-18H2,1-2H3,(H,25,30);(H,3,4)(H,5,6). The molecule has 11 heteroatoms. The average molecular weight is 510 g/mol. The predicted molar refractivity (Wildman–Crippen MR) is 138 cm³/mol. The Morgan fingerprint density at radius 1 is 0.838 bits per heavy atom. The zero-order valence-electron chi connectivity index (χ0n) is 20.8. The summed E-state index contributed by atoms with van der Waals surface area (Å²) in [6, 6.07) is 19.9. The lowest BCUT2D eigenvalue weighted by Crippen LogP contribution is -2.48. The lowest BCUT2D eigenvalue weighted by atomic mass is 10.2. The first-order chi connectivity index (χ1) is 17.7. The van der Waals surface area contributed by atoms with Gasteiger partial charge in [0.25, 0.3) is 5.56 Å². The van der Waals surface area contributed by atoms with Crippen molar-refractivity contribution in [3.8, 4) is 5.69 Å². The lowest BCUT2D eigenvalue weighted by Gasteiger charge is -2.34. The van der Waals surface area contributed by atoms with Crippen LogP contribution in [0.5, 0.6) is 0 Å². The number of nitrogens with zero attached hydrogens (tertiary/aromatic N) is 4. The minimum Gasteiger partial charge on any atom is -0.473 e. The van der Waals surface area contributed by atoms with Crippen LogP contribution in [0.2, 0.25) is 0 Å². The Hall–Kier alpha value is -4.22. The van der Waals surface area contributed by atoms with Crippen LogP contribution >= 0.6 is 0 Å². The zero-order chi connectivity index (χ0) is 26.9. The molecule has 196 valence electrons. The van der Waals surface area contributed by atoms with Gasteiger partial charge in [-0.25, -0.2) is 14.3 Å². The molecular formula is C26H31N5O6. The second kappa shape index (κ2) is 12.7. The fraction of sp³-hybridized carbons (Fsp3) is 0.308. The molecule has 0 atom stereocenters. The highest BCUT2D eigenvalue weighted by atomic mass is 16.4. The molecule has 3 N–H and O–H groups in total. The third-order valence-corrected chi connectivity index (χ3v) is 6.08. The van der Waals surface area contributed by atoms with Gasteiger partial charge in [0, 0.05) is 39.8 Å². The summed E-state index contributed by atoms with van der Waals surface area (Å²) in [6.07, 6.45) is 0. The molecule has 0 saturated carbocycles. The SMILES string of the molecule is Cc1c(NC(=O)CN2CCN(Cc3ccccc3)CC2)c(=O)n(-c2ccccc2)n1C.O=C(O)C(=O)O. The first-order valence-corrected chi connectivity index (χ1v) is 11.8. The minimum atomic E-state index is -1.82. The van der Waals surface area contributed by atoms with Gasteiger partial charge in [0.2, 0.25) is 5.91 Å². The Bertz CT molecular complexity index is 1270. The van der Waals surface area contributed by atoms with Crippen LogP contribution in [0.3, 0.4) is 0 Å². The number of carbonyl (C=O) groups is 3. The number of carbonyl (C=O) groups excluding carboxylic acids is 1. The summed E-state index contributed by atoms with van der Waals surface area (Å²) >= 11 is 0. The number of carboxylic acid groups (broad SMARTS) is 2. The quantitative estimate of drug-likeness (QED) is 0.424. The maximum Gasteiger partial charge on any atom is 0.414 e. The van der Waals surface area contributed by atoms with Gasteiger partial charge in [0.15, 0.2) is 0 Å². The van der Waals surface area contributed by atoms with Crippen molar-refractivity contribution < 1.29 is 24.6 Å². The first-order valence-electron chi connectivity index (χ1n) is 11.8. The fourth-order valence-electron chi connectivity index (χ4n) is 4.04. The van der Waals surface area contributed by atoms with E-state index < -0.39 is 11.9 Å². The monoisotopic (exact) mass is 509 g/mol. The first kappa shape index (κ1) is 27.4. The molecule has 0 radical (unpaired) electrons. The number of hydrogen-bond acceptors (Lipinski definition) is 6. The molecule has 1 saturated heterocycles. The molecule has 3 aromatic rings. The number of piperazine rings is 1. The number of nitrogens with one attached hydrogen (secondary N) is 1. The number of para-hydroxylation sites is 1. The van der Waals surface area contributed by atoms with E-state index in [-0.39, 0.29) is 18.0 Å². The Balaban J connectivity index is 0.000000568. The summed E-state index contributed by atoms with van der Waals surface area (Å²) < 4.78 is 3.35. The van der Waals surface area contributed by atoms with E-state index in [9.17, 15) is 9.59 Å². The molecule has 0 unspecified atom stereocenters. The predicted octanol–water partition coefficient (Wildman–Crippen LogP) is 1.40. The Morgan fingerprint density at radius 2 is 1.35 bits per heavy atom. The summed E-state index contributed by atoms with van der Waals surface area (Å²) in [4.78, 5) is 48.4. The lowest BCUT2D eigenvalue weighted by molar-refractivity contribution is -0.159. The third kappa shape index (κ3) is 7.38. The summed E-state index contributed by atoms with van der Waals surface area (Å²) in [5.41, 5.74) is 2.94. The van der Waals surface area contributed by atoms with Crippen molar-refractivity contribution in [2.24, 2.45) is 7.05 Å². The Morgan fingerprint density at radius 3 is 1.89 bits per heavy atom. The number of anilines is 1. The molecule has 2 heterocycles. The molecule has 0 spiro atoms. The number of aromatic nitrogens is 2. The number of hydrogen-bond donors (Lipinski definition) is 3. The van der Waals surface area contributed by atoms with Crippen LogP contribution in [-0.4, -0.2) is 79.9 Å². The number of amides is 1. The van der Waals surface area contributed by atoms with Crippen LogP contribution in [0.15, 0.2) is 65.5 Å². The highest BCUT2D eigenvalue weighted by Crippen LogP contribution is 2.14. The molecular weight excluding hydrogens is 478 g/mol.